The molecule has 0 unspecified atom stereocenters. The van der Waals surface area contributed by atoms with Gasteiger partial charge in [-0.1, -0.05) is 12.1 Å². The van der Waals surface area contributed by atoms with Gasteiger partial charge >= 0.3 is 0 Å². The molecule has 0 spiro atoms. The third-order valence-electron chi connectivity index (χ3n) is 2.54. The highest BCUT2D eigenvalue weighted by Gasteiger charge is 1.95. The lowest BCUT2D eigenvalue weighted by Gasteiger charge is -2.07. The minimum Gasteiger partial charge on any atom is -0.497 e. The Balaban J connectivity index is 1.86. The molecule has 88 valence electrons. The molecule has 0 aliphatic carbocycles. The maximum absolute atomic E-state index is 5.17. The Kier molecular flexibility index (Phi) is 3.97. The van der Waals surface area contributed by atoms with Gasteiger partial charge in [0.15, 0.2) is 0 Å². The molecule has 0 fully saturated rings. The quantitative estimate of drug-likeness (QED) is 0.854. The van der Waals surface area contributed by atoms with Gasteiger partial charge in [-0.05, 0) is 30.2 Å². The van der Waals surface area contributed by atoms with Crippen LogP contribution in [-0.2, 0) is 6.42 Å². The second-order valence-electron chi connectivity index (χ2n) is 3.77. The second kappa shape index (κ2) is 5.89. The van der Waals surface area contributed by atoms with E-state index in [0.29, 0.717) is 0 Å². The fourth-order valence-electron chi connectivity index (χ4n) is 1.63. The smallest absolute Gasteiger partial charge is 0.120 e. The van der Waals surface area contributed by atoms with Crippen LogP contribution in [0.3, 0.4) is 0 Å². The van der Waals surface area contributed by atoms with Crippen molar-refractivity contribution in [2.75, 3.05) is 19.0 Å². The van der Waals surface area contributed by atoms with E-state index in [2.05, 4.69) is 16.4 Å². The number of anilines is 1. The zero-order valence-corrected chi connectivity index (χ0v) is 9.89. The normalized spacial score (nSPS) is 9.94. The van der Waals surface area contributed by atoms with Crippen LogP contribution in [0, 0.1) is 0 Å². The van der Waals surface area contributed by atoms with Crippen molar-refractivity contribution in [2.45, 2.75) is 6.42 Å². The summed E-state index contributed by atoms with van der Waals surface area (Å²) >= 11 is 0. The Bertz CT molecular complexity index is 457. The lowest BCUT2D eigenvalue weighted by Crippen LogP contribution is -2.04. The van der Waals surface area contributed by atoms with E-state index in [-0.39, 0.29) is 0 Å². The molecule has 1 aromatic carbocycles. The van der Waals surface area contributed by atoms with Gasteiger partial charge in [-0.25, -0.2) is 0 Å². The maximum atomic E-state index is 5.17. The summed E-state index contributed by atoms with van der Waals surface area (Å²) in [5.74, 6) is 0.872. The van der Waals surface area contributed by atoms with Crippen LogP contribution >= 0.6 is 0 Å². The zero-order chi connectivity index (χ0) is 11.9. The van der Waals surface area contributed by atoms with E-state index in [9.17, 15) is 0 Å². The van der Waals surface area contributed by atoms with E-state index >= 15 is 0 Å². The standard InChI is InChI=1S/C14H16N2O/c1-17-14-6-2-5-13(10-14)16-9-7-12-4-3-8-15-11-12/h2-6,8,10-11,16H,7,9H2,1H3. The van der Waals surface area contributed by atoms with Crippen molar-refractivity contribution in [3.05, 3.63) is 54.4 Å². The number of pyridine rings is 1. The third kappa shape index (κ3) is 3.48. The van der Waals surface area contributed by atoms with Crippen molar-refractivity contribution in [3.8, 4) is 5.75 Å². The molecule has 0 atom stereocenters. The predicted molar refractivity (Wildman–Crippen MR) is 69.4 cm³/mol. The minimum atomic E-state index is 0.872. The number of aromatic nitrogens is 1. The number of nitrogens with one attached hydrogen (secondary N) is 1. The number of ether oxygens (including phenoxy) is 1. The van der Waals surface area contributed by atoms with Crippen molar-refractivity contribution < 1.29 is 4.74 Å². The lowest BCUT2D eigenvalue weighted by atomic mass is 10.2. The van der Waals surface area contributed by atoms with Gasteiger partial charge in [-0.3, -0.25) is 4.98 Å². The first-order chi connectivity index (χ1) is 8.38. The molecule has 3 heteroatoms. The van der Waals surface area contributed by atoms with Crippen LogP contribution in [0.5, 0.6) is 5.75 Å². The summed E-state index contributed by atoms with van der Waals surface area (Å²) in [6.45, 7) is 0.888. The highest BCUT2D eigenvalue weighted by Crippen LogP contribution is 2.16. The van der Waals surface area contributed by atoms with Crippen LogP contribution in [0.15, 0.2) is 48.8 Å². The first-order valence-corrected chi connectivity index (χ1v) is 5.65. The van der Waals surface area contributed by atoms with Crippen LogP contribution in [-0.4, -0.2) is 18.6 Å². The Morgan fingerprint density at radius 1 is 1.24 bits per heavy atom. The summed E-state index contributed by atoms with van der Waals surface area (Å²) in [7, 11) is 1.68. The van der Waals surface area contributed by atoms with Gasteiger partial charge < -0.3 is 10.1 Å². The fraction of sp³-hybridized carbons (Fsp3) is 0.214. The molecule has 1 aromatic heterocycles. The molecular weight excluding hydrogens is 212 g/mol. The van der Waals surface area contributed by atoms with Crippen LogP contribution < -0.4 is 10.1 Å². The van der Waals surface area contributed by atoms with Crippen LogP contribution in [0.25, 0.3) is 0 Å². The van der Waals surface area contributed by atoms with Crippen molar-refractivity contribution >= 4 is 5.69 Å². The molecule has 1 heterocycles. The fourth-order valence-corrected chi connectivity index (χ4v) is 1.63. The number of methoxy groups -OCH3 is 1. The molecule has 0 aliphatic rings. The largest absolute Gasteiger partial charge is 0.497 e. The minimum absolute atomic E-state index is 0.872. The van der Waals surface area contributed by atoms with Gasteiger partial charge in [-0.15, -0.1) is 0 Å². The molecule has 3 nitrogen and oxygen atoms in total. The average Bonchev–Trinajstić information content (AvgIpc) is 2.40. The summed E-state index contributed by atoms with van der Waals surface area (Å²) in [5.41, 5.74) is 2.32. The maximum Gasteiger partial charge on any atom is 0.120 e. The molecule has 0 radical (unpaired) electrons. The summed E-state index contributed by atoms with van der Waals surface area (Å²) in [5, 5.41) is 3.36. The molecule has 1 N–H and O–H groups in total. The van der Waals surface area contributed by atoms with E-state index in [1.165, 1.54) is 5.56 Å². The first kappa shape index (κ1) is 11.5. The SMILES string of the molecule is COc1cccc(NCCc2cccnc2)c1. The van der Waals surface area contributed by atoms with Crippen molar-refractivity contribution in [1.82, 2.24) is 4.98 Å². The van der Waals surface area contributed by atoms with Gasteiger partial charge in [0.25, 0.3) is 0 Å². The van der Waals surface area contributed by atoms with Crippen molar-refractivity contribution in [1.29, 1.82) is 0 Å². The molecule has 0 amide bonds. The second-order valence-corrected chi connectivity index (χ2v) is 3.77. The Labute approximate surface area is 101 Å². The van der Waals surface area contributed by atoms with Crippen LogP contribution in [0.2, 0.25) is 0 Å². The Morgan fingerprint density at radius 3 is 2.94 bits per heavy atom. The Hall–Kier alpha value is -2.03. The van der Waals surface area contributed by atoms with Crippen LogP contribution in [0.1, 0.15) is 5.56 Å². The zero-order valence-electron chi connectivity index (χ0n) is 9.89. The molecule has 2 rings (SSSR count). The lowest BCUT2D eigenvalue weighted by molar-refractivity contribution is 0.415. The summed E-state index contributed by atoms with van der Waals surface area (Å²) in [4.78, 5) is 4.09. The molecule has 0 bridgehead atoms. The number of benzene rings is 1. The summed E-state index contributed by atoms with van der Waals surface area (Å²) < 4.78 is 5.17. The van der Waals surface area contributed by atoms with E-state index in [1.807, 2.05) is 36.5 Å². The van der Waals surface area contributed by atoms with Gasteiger partial charge in [0.2, 0.25) is 0 Å². The van der Waals surface area contributed by atoms with E-state index in [1.54, 1.807) is 13.3 Å². The van der Waals surface area contributed by atoms with E-state index in [0.717, 1.165) is 24.4 Å². The highest BCUT2D eigenvalue weighted by molar-refractivity contribution is 5.48. The number of nitrogens with zero attached hydrogens (tertiary/aromatic N) is 1. The third-order valence-corrected chi connectivity index (χ3v) is 2.54. The van der Waals surface area contributed by atoms with Crippen molar-refractivity contribution in [2.24, 2.45) is 0 Å². The van der Waals surface area contributed by atoms with Crippen molar-refractivity contribution in [3.63, 3.8) is 0 Å². The summed E-state index contributed by atoms with van der Waals surface area (Å²) in [6.07, 6.45) is 4.65. The van der Waals surface area contributed by atoms with Crippen LogP contribution in [0.4, 0.5) is 5.69 Å². The number of hydrogen-bond donors (Lipinski definition) is 1. The molecule has 0 aliphatic heterocycles. The Morgan fingerprint density at radius 2 is 2.18 bits per heavy atom. The predicted octanol–water partition coefficient (Wildman–Crippen LogP) is 2.74. The topological polar surface area (TPSA) is 34.1 Å². The molecule has 0 saturated heterocycles. The molecular formula is C14H16N2O. The molecule has 17 heavy (non-hydrogen) atoms. The molecule has 0 saturated carbocycles. The monoisotopic (exact) mass is 228 g/mol. The highest BCUT2D eigenvalue weighted by atomic mass is 16.5. The van der Waals surface area contributed by atoms with Gasteiger partial charge in [0.05, 0.1) is 7.11 Å². The van der Waals surface area contributed by atoms with Gasteiger partial charge in [-0.2, -0.15) is 0 Å². The van der Waals surface area contributed by atoms with Gasteiger partial charge in [0.1, 0.15) is 5.75 Å². The van der Waals surface area contributed by atoms with E-state index in [4.69, 9.17) is 4.74 Å². The van der Waals surface area contributed by atoms with Gasteiger partial charge in [0, 0.05) is 30.7 Å². The first-order valence-electron chi connectivity index (χ1n) is 5.65. The average molecular weight is 228 g/mol. The number of rotatable bonds is 5. The summed E-state index contributed by atoms with van der Waals surface area (Å²) in [6, 6.07) is 12.0. The number of hydrogen-bond acceptors (Lipinski definition) is 3. The molecule has 2 aromatic rings. The van der Waals surface area contributed by atoms with E-state index < -0.39 is 0 Å².